The largest absolute Gasteiger partial charge is 0.486 e. The van der Waals surface area contributed by atoms with Crippen molar-refractivity contribution in [1.82, 2.24) is 9.80 Å². The molecule has 2 aliphatic heterocycles. The molecular weight excluding hydrogens is 554 g/mol. The molecule has 2 aromatic carbocycles. The zero-order chi connectivity index (χ0) is 31.1. The molecule has 44 heavy (non-hydrogen) atoms. The van der Waals surface area contributed by atoms with Gasteiger partial charge in [-0.1, -0.05) is 88.6 Å². The van der Waals surface area contributed by atoms with Crippen LogP contribution in [-0.2, 0) is 14.3 Å². The van der Waals surface area contributed by atoms with Crippen LogP contribution in [0.1, 0.15) is 82.3 Å². The summed E-state index contributed by atoms with van der Waals surface area (Å²) in [5.74, 6) is 1.24. The van der Waals surface area contributed by atoms with Crippen molar-refractivity contribution in [2.45, 2.75) is 97.2 Å². The lowest BCUT2D eigenvalue weighted by atomic mass is 10.1. The molecule has 0 radical (unpaired) electrons. The molecule has 8 heteroatoms. The van der Waals surface area contributed by atoms with Gasteiger partial charge in [0.1, 0.15) is 6.61 Å². The third kappa shape index (κ3) is 10.8. The second kappa shape index (κ2) is 18.0. The van der Waals surface area contributed by atoms with E-state index in [-0.39, 0.29) is 18.0 Å². The lowest BCUT2D eigenvalue weighted by Gasteiger charge is -2.38. The number of rotatable bonds is 17. The molecule has 0 aliphatic carbocycles. The Morgan fingerprint density at radius 2 is 1.45 bits per heavy atom. The molecule has 0 spiro atoms. The van der Waals surface area contributed by atoms with Crippen LogP contribution in [0.5, 0.6) is 11.5 Å². The van der Waals surface area contributed by atoms with Crippen LogP contribution in [0.3, 0.4) is 0 Å². The van der Waals surface area contributed by atoms with E-state index < -0.39 is 6.10 Å². The second-order valence-electron chi connectivity index (χ2n) is 12.4. The van der Waals surface area contributed by atoms with Crippen molar-refractivity contribution in [2.24, 2.45) is 0 Å². The number of piperazine rings is 1. The fraction of sp³-hybridized carbons (Fsp3) is 0.611. The monoisotopic (exact) mass is 607 g/mol. The number of carbonyl (C=O) groups is 2. The van der Waals surface area contributed by atoms with Crippen LogP contribution < -0.4 is 14.8 Å². The number of hydrogen-bond donors (Lipinski definition) is 1. The zero-order valence-corrected chi connectivity index (χ0v) is 27.2. The van der Waals surface area contributed by atoms with Crippen molar-refractivity contribution in [3.63, 3.8) is 0 Å². The molecule has 0 aromatic heterocycles. The summed E-state index contributed by atoms with van der Waals surface area (Å²) in [6.07, 6.45) is 10.5. The van der Waals surface area contributed by atoms with Crippen LogP contribution >= 0.6 is 0 Å². The molecule has 2 unspecified atom stereocenters. The fourth-order valence-electron chi connectivity index (χ4n) is 6.04. The Labute approximate surface area is 264 Å². The van der Waals surface area contributed by atoms with E-state index in [1.54, 1.807) is 0 Å². The minimum atomic E-state index is -0.437. The average molecular weight is 608 g/mol. The van der Waals surface area contributed by atoms with E-state index in [0.29, 0.717) is 31.9 Å². The van der Waals surface area contributed by atoms with Gasteiger partial charge in [0.2, 0.25) is 5.91 Å². The van der Waals surface area contributed by atoms with Gasteiger partial charge in [0.05, 0.1) is 6.54 Å². The Balaban J connectivity index is 1.24. The van der Waals surface area contributed by atoms with Gasteiger partial charge in [0.25, 0.3) is 0 Å². The number of para-hydroxylation sites is 3. The Morgan fingerprint density at radius 3 is 2.14 bits per heavy atom. The predicted octanol–water partition coefficient (Wildman–Crippen LogP) is 6.53. The van der Waals surface area contributed by atoms with Gasteiger partial charge < -0.3 is 19.5 Å². The Hall–Kier alpha value is -3.10. The number of aryl methyl sites for hydroxylation is 2. The second-order valence-corrected chi connectivity index (χ2v) is 12.4. The fourth-order valence-corrected chi connectivity index (χ4v) is 6.04. The van der Waals surface area contributed by atoms with E-state index in [4.69, 9.17) is 14.2 Å². The molecule has 1 N–H and O–H groups in total. The highest BCUT2D eigenvalue weighted by Gasteiger charge is 2.34. The van der Waals surface area contributed by atoms with E-state index in [0.717, 1.165) is 61.6 Å². The minimum Gasteiger partial charge on any atom is -0.486 e. The van der Waals surface area contributed by atoms with Crippen molar-refractivity contribution in [3.05, 3.63) is 53.6 Å². The Bertz CT molecular complexity index is 1160. The molecular formula is C36H53N3O5. The van der Waals surface area contributed by atoms with Crippen molar-refractivity contribution < 1.29 is 23.8 Å². The Kier molecular flexibility index (Phi) is 13.8. The zero-order valence-electron chi connectivity index (χ0n) is 27.2. The van der Waals surface area contributed by atoms with Crippen LogP contribution in [0.25, 0.3) is 0 Å². The van der Waals surface area contributed by atoms with Crippen molar-refractivity contribution in [2.75, 3.05) is 51.2 Å². The summed E-state index contributed by atoms with van der Waals surface area (Å²) in [7, 11) is 0. The van der Waals surface area contributed by atoms with E-state index in [2.05, 4.69) is 22.0 Å². The highest BCUT2D eigenvalue weighted by molar-refractivity contribution is 5.93. The standard InChI is InChI=1S/C36H53N3O5/c1-4-5-6-7-8-9-10-11-12-20-35(41)44-32(33-27-42-30-18-13-14-19-31(30)43-33)25-38-21-23-39(24-22-38)26-34(40)37-36-28(2)16-15-17-29(36)3/h13-19,32-33H,4-12,20-27H2,1-3H3,(H,37,40). The number of nitrogens with zero attached hydrogens (tertiary/aromatic N) is 2. The van der Waals surface area contributed by atoms with Crippen LogP contribution in [0.15, 0.2) is 42.5 Å². The molecule has 2 aliphatic rings. The van der Waals surface area contributed by atoms with Gasteiger partial charge in [-0.15, -0.1) is 0 Å². The third-order valence-electron chi connectivity index (χ3n) is 8.73. The average Bonchev–Trinajstić information content (AvgIpc) is 3.02. The van der Waals surface area contributed by atoms with E-state index in [1.165, 1.54) is 44.9 Å². The number of anilines is 1. The van der Waals surface area contributed by atoms with Crippen molar-refractivity contribution >= 4 is 17.6 Å². The van der Waals surface area contributed by atoms with Crippen molar-refractivity contribution in [1.29, 1.82) is 0 Å². The number of fused-ring (bicyclic) bond motifs is 1. The molecule has 1 saturated heterocycles. The van der Waals surface area contributed by atoms with Gasteiger partial charge in [0, 0.05) is 44.8 Å². The molecule has 1 amide bonds. The lowest BCUT2D eigenvalue weighted by molar-refractivity contribution is -0.158. The molecule has 8 nitrogen and oxygen atoms in total. The van der Waals surface area contributed by atoms with E-state index in [1.807, 2.05) is 56.3 Å². The lowest BCUT2D eigenvalue weighted by Crippen LogP contribution is -2.54. The normalized spacial score (nSPS) is 17.7. The number of hydrogen-bond acceptors (Lipinski definition) is 7. The number of benzene rings is 2. The summed E-state index contributed by atoms with van der Waals surface area (Å²) in [5.41, 5.74) is 3.04. The number of ether oxygens (including phenoxy) is 3. The van der Waals surface area contributed by atoms with Gasteiger partial charge in [-0.3, -0.25) is 19.4 Å². The maximum absolute atomic E-state index is 13.0. The van der Waals surface area contributed by atoms with Gasteiger partial charge in [-0.2, -0.15) is 0 Å². The maximum atomic E-state index is 13.0. The first-order valence-electron chi connectivity index (χ1n) is 16.8. The van der Waals surface area contributed by atoms with Crippen LogP contribution in [-0.4, -0.2) is 79.8 Å². The minimum absolute atomic E-state index is 0.00516. The molecule has 0 bridgehead atoms. The number of amides is 1. The van der Waals surface area contributed by atoms with Crippen LogP contribution in [0.2, 0.25) is 0 Å². The van der Waals surface area contributed by atoms with Gasteiger partial charge in [0.15, 0.2) is 23.7 Å². The molecule has 0 saturated carbocycles. The molecule has 242 valence electrons. The summed E-state index contributed by atoms with van der Waals surface area (Å²) in [6.45, 7) is 10.6. The van der Waals surface area contributed by atoms with Crippen LogP contribution in [0, 0.1) is 13.8 Å². The summed E-state index contributed by atoms with van der Waals surface area (Å²) < 4.78 is 18.4. The van der Waals surface area contributed by atoms with Gasteiger partial charge in [-0.25, -0.2) is 0 Å². The maximum Gasteiger partial charge on any atom is 0.306 e. The third-order valence-corrected chi connectivity index (χ3v) is 8.73. The summed E-state index contributed by atoms with van der Waals surface area (Å²) >= 11 is 0. The summed E-state index contributed by atoms with van der Waals surface area (Å²) in [4.78, 5) is 30.3. The van der Waals surface area contributed by atoms with Gasteiger partial charge >= 0.3 is 5.97 Å². The number of carbonyl (C=O) groups excluding carboxylic acids is 2. The molecule has 4 rings (SSSR count). The van der Waals surface area contributed by atoms with Gasteiger partial charge in [-0.05, 0) is 43.5 Å². The van der Waals surface area contributed by atoms with Crippen molar-refractivity contribution in [3.8, 4) is 11.5 Å². The molecule has 1 fully saturated rings. The highest BCUT2D eigenvalue weighted by atomic mass is 16.6. The Morgan fingerprint density at radius 1 is 0.841 bits per heavy atom. The topological polar surface area (TPSA) is 80.3 Å². The number of unbranched alkanes of at least 4 members (excludes halogenated alkanes) is 8. The SMILES string of the molecule is CCCCCCCCCCCC(=O)OC(CN1CCN(CC(=O)Nc2c(C)cccc2C)CC1)C1COc2ccccc2O1. The molecule has 2 atom stereocenters. The number of nitrogens with one attached hydrogen (secondary N) is 1. The summed E-state index contributed by atoms with van der Waals surface area (Å²) in [5, 5.41) is 3.10. The first kappa shape index (κ1) is 33.8. The molecule has 2 heterocycles. The highest BCUT2D eigenvalue weighted by Crippen LogP contribution is 2.32. The smallest absolute Gasteiger partial charge is 0.306 e. The van der Waals surface area contributed by atoms with E-state index in [9.17, 15) is 9.59 Å². The van der Waals surface area contributed by atoms with E-state index >= 15 is 0 Å². The summed E-state index contributed by atoms with van der Waals surface area (Å²) in [6, 6.07) is 13.7. The van der Waals surface area contributed by atoms with Crippen LogP contribution in [0.4, 0.5) is 5.69 Å². The molecule has 2 aromatic rings. The first-order chi connectivity index (χ1) is 21.4. The quantitative estimate of drug-likeness (QED) is 0.162. The number of esters is 1. The predicted molar refractivity (Wildman–Crippen MR) is 176 cm³/mol. The first-order valence-corrected chi connectivity index (χ1v) is 16.8.